The van der Waals surface area contributed by atoms with Crippen molar-refractivity contribution < 1.29 is 14.6 Å². The normalized spacial score (nSPS) is 14.1. The molecular formula is C13H19NO3. The summed E-state index contributed by atoms with van der Waals surface area (Å²) in [5.41, 5.74) is 7.08. The lowest BCUT2D eigenvalue weighted by atomic mass is 9.96. The highest BCUT2D eigenvalue weighted by atomic mass is 16.5. The van der Waals surface area contributed by atoms with Crippen LogP contribution in [0.2, 0.25) is 0 Å². The van der Waals surface area contributed by atoms with Gasteiger partial charge in [-0.1, -0.05) is 30.3 Å². The van der Waals surface area contributed by atoms with Crippen LogP contribution in [0.5, 0.6) is 0 Å². The van der Waals surface area contributed by atoms with Crippen LogP contribution in [0, 0.1) is 5.92 Å². The Labute approximate surface area is 101 Å². The van der Waals surface area contributed by atoms with Gasteiger partial charge >= 0.3 is 5.97 Å². The van der Waals surface area contributed by atoms with Crippen LogP contribution in [0.15, 0.2) is 30.3 Å². The maximum absolute atomic E-state index is 11.3. The number of methoxy groups -OCH3 is 1. The monoisotopic (exact) mass is 237 g/mol. The van der Waals surface area contributed by atoms with E-state index in [1.54, 1.807) is 0 Å². The molecule has 0 radical (unpaired) electrons. The molecule has 0 fully saturated rings. The lowest BCUT2D eigenvalue weighted by Crippen LogP contribution is -2.31. The fraction of sp³-hybridized carbons (Fsp3) is 0.462. The molecule has 0 saturated carbocycles. The number of carbonyl (C=O) groups is 1. The van der Waals surface area contributed by atoms with E-state index in [0.29, 0.717) is 12.8 Å². The zero-order valence-corrected chi connectivity index (χ0v) is 10.0. The topological polar surface area (TPSA) is 72.5 Å². The summed E-state index contributed by atoms with van der Waals surface area (Å²) >= 11 is 0. The Balaban J connectivity index is 2.48. The van der Waals surface area contributed by atoms with Crippen molar-refractivity contribution in [1.29, 1.82) is 0 Å². The lowest BCUT2D eigenvalue weighted by Gasteiger charge is -2.17. The number of esters is 1. The molecule has 0 aliphatic rings. The average molecular weight is 237 g/mol. The third-order valence-electron chi connectivity index (χ3n) is 2.68. The van der Waals surface area contributed by atoms with Crippen LogP contribution in [0.25, 0.3) is 0 Å². The number of hydrogen-bond acceptors (Lipinski definition) is 4. The smallest absolute Gasteiger partial charge is 0.311 e. The molecule has 1 aromatic carbocycles. The molecule has 0 heterocycles. The Morgan fingerprint density at radius 1 is 1.41 bits per heavy atom. The molecule has 1 aromatic rings. The Hall–Kier alpha value is -1.39. The summed E-state index contributed by atoms with van der Waals surface area (Å²) in [4.78, 5) is 11.3. The van der Waals surface area contributed by atoms with Crippen LogP contribution in [0.3, 0.4) is 0 Å². The minimum absolute atomic E-state index is 0.159. The number of carbonyl (C=O) groups excluding carboxylic acids is 1. The molecule has 0 aliphatic carbocycles. The van der Waals surface area contributed by atoms with E-state index >= 15 is 0 Å². The molecule has 94 valence electrons. The van der Waals surface area contributed by atoms with E-state index in [0.717, 1.165) is 5.56 Å². The van der Waals surface area contributed by atoms with Crippen molar-refractivity contribution in [2.45, 2.75) is 18.9 Å². The van der Waals surface area contributed by atoms with Gasteiger partial charge in [0.1, 0.15) is 0 Å². The minimum atomic E-state index is -0.529. The number of ether oxygens (including phenoxy) is 1. The highest BCUT2D eigenvalue weighted by Crippen LogP contribution is 2.11. The van der Waals surface area contributed by atoms with E-state index in [1.165, 1.54) is 7.11 Å². The number of benzene rings is 1. The van der Waals surface area contributed by atoms with Gasteiger partial charge in [-0.15, -0.1) is 0 Å². The number of aliphatic hydroxyl groups excluding tert-OH is 1. The van der Waals surface area contributed by atoms with Crippen LogP contribution in [0.1, 0.15) is 12.0 Å². The molecule has 0 aromatic heterocycles. The van der Waals surface area contributed by atoms with Crippen molar-refractivity contribution in [2.75, 3.05) is 13.7 Å². The van der Waals surface area contributed by atoms with Gasteiger partial charge in [-0.25, -0.2) is 0 Å². The largest absolute Gasteiger partial charge is 0.469 e. The number of aliphatic hydroxyl groups is 1. The second kappa shape index (κ2) is 7.04. The van der Waals surface area contributed by atoms with Crippen molar-refractivity contribution in [3.05, 3.63) is 35.9 Å². The summed E-state index contributed by atoms with van der Waals surface area (Å²) < 4.78 is 4.60. The van der Waals surface area contributed by atoms with Crippen LogP contribution in [-0.2, 0) is 16.0 Å². The Kier molecular flexibility index (Phi) is 5.66. The van der Waals surface area contributed by atoms with Gasteiger partial charge in [0.05, 0.1) is 19.6 Å². The van der Waals surface area contributed by atoms with Gasteiger partial charge in [0.2, 0.25) is 0 Å². The summed E-state index contributed by atoms with van der Waals surface area (Å²) in [7, 11) is 1.31. The summed E-state index contributed by atoms with van der Waals surface area (Å²) in [6, 6.07) is 9.67. The Bertz CT molecular complexity index is 340. The zero-order chi connectivity index (χ0) is 12.7. The summed E-state index contributed by atoms with van der Waals surface area (Å²) in [5, 5.41) is 9.09. The number of rotatable bonds is 6. The first-order chi connectivity index (χ1) is 8.17. The van der Waals surface area contributed by atoms with Gasteiger partial charge in [0.15, 0.2) is 0 Å². The lowest BCUT2D eigenvalue weighted by molar-refractivity contribution is -0.147. The van der Waals surface area contributed by atoms with E-state index in [4.69, 9.17) is 10.8 Å². The fourth-order valence-corrected chi connectivity index (χ4v) is 1.78. The van der Waals surface area contributed by atoms with Gasteiger partial charge < -0.3 is 15.6 Å². The van der Waals surface area contributed by atoms with Crippen LogP contribution < -0.4 is 5.73 Å². The first kappa shape index (κ1) is 13.7. The maximum Gasteiger partial charge on any atom is 0.311 e. The van der Waals surface area contributed by atoms with Gasteiger partial charge in [-0.2, -0.15) is 0 Å². The maximum atomic E-state index is 11.3. The molecule has 2 atom stereocenters. The van der Waals surface area contributed by atoms with Crippen molar-refractivity contribution in [3.8, 4) is 0 Å². The van der Waals surface area contributed by atoms with Gasteiger partial charge in [-0.3, -0.25) is 4.79 Å². The summed E-state index contributed by atoms with van der Waals surface area (Å²) in [6.45, 7) is -0.227. The minimum Gasteiger partial charge on any atom is -0.469 e. The fourth-order valence-electron chi connectivity index (χ4n) is 1.78. The second-order valence-corrected chi connectivity index (χ2v) is 4.09. The molecule has 0 saturated heterocycles. The molecule has 0 spiro atoms. The first-order valence-electron chi connectivity index (χ1n) is 5.65. The molecule has 0 bridgehead atoms. The molecule has 0 aliphatic heterocycles. The van der Waals surface area contributed by atoms with E-state index < -0.39 is 11.9 Å². The predicted molar refractivity (Wildman–Crippen MR) is 65.3 cm³/mol. The molecule has 0 amide bonds. The van der Waals surface area contributed by atoms with Crippen molar-refractivity contribution in [2.24, 2.45) is 11.7 Å². The Morgan fingerprint density at radius 2 is 2.06 bits per heavy atom. The van der Waals surface area contributed by atoms with E-state index in [-0.39, 0.29) is 12.6 Å². The van der Waals surface area contributed by atoms with Crippen LogP contribution in [-0.4, -0.2) is 30.8 Å². The average Bonchev–Trinajstić information content (AvgIpc) is 2.36. The molecular weight excluding hydrogens is 218 g/mol. The quantitative estimate of drug-likeness (QED) is 0.715. The molecule has 1 rings (SSSR count). The molecule has 1 unspecified atom stereocenters. The highest BCUT2D eigenvalue weighted by Gasteiger charge is 2.21. The molecule has 4 heteroatoms. The van der Waals surface area contributed by atoms with Crippen molar-refractivity contribution >= 4 is 5.97 Å². The van der Waals surface area contributed by atoms with Crippen molar-refractivity contribution in [1.82, 2.24) is 0 Å². The first-order valence-corrected chi connectivity index (χ1v) is 5.65. The van der Waals surface area contributed by atoms with Crippen molar-refractivity contribution in [3.63, 3.8) is 0 Å². The molecule has 17 heavy (non-hydrogen) atoms. The summed E-state index contributed by atoms with van der Waals surface area (Å²) in [5.74, 6) is -0.935. The zero-order valence-electron chi connectivity index (χ0n) is 10.0. The van der Waals surface area contributed by atoms with Gasteiger partial charge in [0.25, 0.3) is 0 Å². The third kappa shape index (κ3) is 4.54. The van der Waals surface area contributed by atoms with Gasteiger partial charge in [0, 0.05) is 6.04 Å². The summed E-state index contributed by atoms with van der Waals surface area (Å²) in [6.07, 6.45) is 1.12. The van der Waals surface area contributed by atoms with Crippen LogP contribution in [0.4, 0.5) is 0 Å². The van der Waals surface area contributed by atoms with E-state index in [2.05, 4.69) is 4.74 Å². The third-order valence-corrected chi connectivity index (χ3v) is 2.68. The number of nitrogens with two attached hydrogens (primary N) is 1. The number of hydrogen-bond donors (Lipinski definition) is 2. The van der Waals surface area contributed by atoms with E-state index in [9.17, 15) is 4.79 Å². The standard InChI is InChI=1S/C13H19NO3/c1-17-13(16)11(9-15)8-12(14)7-10-5-3-2-4-6-10/h2-6,11-12,15H,7-9,14H2,1H3/t11?,12-/m0/s1. The Morgan fingerprint density at radius 3 is 2.59 bits per heavy atom. The molecule has 4 nitrogen and oxygen atoms in total. The van der Waals surface area contributed by atoms with E-state index in [1.807, 2.05) is 30.3 Å². The SMILES string of the molecule is COC(=O)C(CO)C[C@@H](N)Cc1ccccc1. The second-order valence-electron chi connectivity index (χ2n) is 4.09. The molecule has 3 N–H and O–H groups in total. The van der Waals surface area contributed by atoms with Crippen LogP contribution >= 0.6 is 0 Å². The predicted octanol–water partition coefficient (Wildman–Crippen LogP) is 0.728. The van der Waals surface area contributed by atoms with Gasteiger partial charge in [-0.05, 0) is 18.4 Å². The highest BCUT2D eigenvalue weighted by molar-refractivity contribution is 5.72.